The SMILES string of the molecule is CC1COC(CN)CN1CCC1CCCO1. The predicted octanol–water partition coefficient (Wildman–Crippen LogP) is 0.603. The van der Waals surface area contributed by atoms with Crippen molar-refractivity contribution in [1.29, 1.82) is 0 Å². The molecule has 3 atom stereocenters. The topological polar surface area (TPSA) is 47.7 Å². The highest BCUT2D eigenvalue weighted by Gasteiger charge is 2.26. The van der Waals surface area contributed by atoms with Crippen molar-refractivity contribution in [2.75, 3.05) is 32.8 Å². The van der Waals surface area contributed by atoms with Crippen molar-refractivity contribution in [1.82, 2.24) is 4.90 Å². The van der Waals surface area contributed by atoms with E-state index in [4.69, 9.17) is 15.2 Å². The van der Waals surface area contributed by atoms with E-state index in [1.807, 2.05) is 0 Å². The zero-order valence-electron chi connectivity index (χ0n) is 10.2. The number of hydrogen-bond acceptors (Lipinski definition) is 4. The van der Waals surface area contributed by atoms with Crippen LogP contribution in [-0.4, -0.2) is 56.0 Å². The van der Waals surface area contributed by atoms with Crippen LogP contribution in [0.1, 0.15) is 26.2 Å². The maximum Gasteiger partial charge on any atom is 0.0824 e. The van der Waals surface area contributed by atoms with E-state index in [-0.39, 0.29) is 6.10 Å². The molecule has 0 bridgehead atoms. The Kier molecular flexibility index (Phi) is 4.58. The molecule has 94 valence electrons. The molecule has 2 aliphatic heterocycles. The van der Waals surface area contributed by atoms with Crippen molar-refractivity contribution in [2.45, 2.75) is 44.4 Å². The summed E-state index contributed by atoms with van der Waals surface area (Å²) < 4.78 is 11.3. The zero-order chi connectivity index (χ0) is 11.4. The van der Waals surface area contributed by atoms with Crippen LogP contribution in [0.2, 0.25) is 0 Å². The van der Waals surface area contributed by atoms with E-state index in [9.17, 15) is 0 Å². The number of hydrogen-bond donors (Lipinski definition) is 1. The Morgan fingerprint density at radius 2 is 2.19 bits per heavy atom. The third-order valence-electron chi connectivity index (χ3n) is 3.66. The second kappa shape index (κ2) is 5.96. The number of morpholine rings is 1. The second-order valence-electron chi connectivity index (χ2n) is 4.96. The first-order chi connectivity index (χ1) is 7.79. The maximum atomic E-state index is 5.65. The Morgan fingerprint density at radius 1 is 1.31 bits per heavy atom. The molecule has 4 heteroatoms. The Balaban J connectivity index is 1.73. The predicted molar refractivity (Wildman–Crippen MR) is 63.4 cm³/mol. The van der Waals surface area contributed by atoms with Gasteiger partial charge in [0.15, 0.2) is 0 Å². The van der Waals surface area contributed by atoms with Crippen LogP contribution in [0.4, 0.5) is 0 Å². The Labute approximate surface area is 98.1 Å². The third-order valence-corrected chi connectivity index (χ3v) is 3.66. The van der Waals surface area contributed by atoms with Crippen LogP contribution in [0, 0.1) is 0 Å². The van der Waals surface area contributed by atoms with Crippen molar-refractivity contribution < 1.29 is 9.47 Å². The quantitative estimate of drug-likeness (QED) is 0.765. The van der Waals surface area contributed by atoms with Crippen LogP contribution in [0.5, 0.6) is 0 Å². The average molecular weight is 228 g/mol. The van der Waals surface area contributed by atoms with Gasteiger partial charge in [-0.1, -0.05) is 0 Å². The molecule has 0 aliphatic carbocycles. The van der Waals surface area contributed by atoms with Gasteiger partial charge in [0, 0.05) is 32.3 Å². The highest BCUT2D eigenvalue weighted by Crippen LogP contribution is 2.18. The number of ether oxygens (including phenoxy) is 2. The Hall–Kier alpha value is -0.160. The molecule has 2 N–H and O–H groups in total. The summed E-state index contributed by atoms with van der Waals surface area (Å²) in [4.78, 5) is 2.49. The highest BCUT2D eigenvalue weighted by atomic mass is 16.5. The van der Waals surface area contributed by atoms with E-state index in [2.05, 4.69) is 11.8 Å². The van der Waals surface area contributed by atoms with Gasteiger partial charge in [0.2, 0.25) is 0 Å². The summed E-state index contributed by atoms with van der Waals surface area (Å²) in [6.45, 7) is 6.71. The standard InChI is InChI=1S/C12H24N2O2/c1-10-9-16-12(7-13)8-14(10)5-4-11-3-2-6-15-11/h10-12H,2-9,13H2,1H3. The maximum absolute atomic E-state index is 5.65. The third kappa shape index (κ3) is 3.17. The molecular weight excluding hydrogens is 204 g/mol. The minimum atomic E-state index is 0.223. The normalized spacial score (nSPS) is 36.8. The first-order valence-electron chi connectivity index (χ1n) is 6.47. The van der Waals surface area contributed by atoms with Crippen LogP contribution in [0.25, 0.3) is 0 Å². The molecule has 0 spiro atoms. The van der Waals surface area contributed by atoms with Crippen molar-refractivity contribution in [3.63, 3.8) is 0 Å². The Bertz CT molecular complexity index is 207. The van der Waals surface area contributed by atoms with E-state index < -0.39 is 0 Å². The molecule has 0 amide bonds. The summed E-state index contributed by atoms with van der Waals surface area (Å²) in [5.74, 6) is 0. The summed E-state index contributed by atoms with van der Waals surface area (Å²) in [6, 6.07) is 0.518. The van der Waals surface area contributed by atoms with E-state index >= 15 is 0 Å². The van der Waals surface area contributed by atoms with Gasteiger partial charge in [-0.2, -0.15) is 0 Å². The average Bonchev–Trinajstić information content (AvgIpc) is 2.81. The largest absolute Gasteiger partial charge is 0.378 e. The van der Waals surface area contributed by atoms with E-state index in [0.717, 1.165) is 32.7 Å². The van der Waals surface area contributed by atoms with Gasteiger partial charge in [-0.05, 0) is 26.2 Å². The van der Waals surface area contributed by atoms with Crippen molar-refractivity contribution >= 4 is 0 Å². The molecule has 4 nitrogen and oxygen atoms in total. The van der Waals surface area contributed by atoms with Crippen molar-refractivity contribution in [3.05, 3.63) is 0 Å². The van der Waals surface area contributed by atoms with Gasteiger partial charge in [0.1, 0.15) is 0 Å². The van der Waals surface area contributed by atoms with Gasteiger partial charge >= 0.3 is 0 Å². The first-order valence-corrected chi connectivity index (χ1v) is 6.47. The number of nitrogens with two attached hydrogens (primary N) is 1. The molecular formula is C12H24N2O2. The lowest BCUT2D eigenvalue weighted by Gasteiger charge is -2.38. The van der Waals surface area contributed by atoms with Crippen molar-refractivity contribution in [3.8, 4) is 0 Å². The fraction of sp³-hybridized carbons (Fsp3) is 1.00. The zero-order valence-corrected chi connectivity index (χ0v) is 10.2. The molecule has 0 saturated carbocycles. The minimum Gasteiger partial charge on any atom is -0.378 e. The molecule has 0 radical (unpaired) electrons. The fourth-order valence-electron chi connectivity index (χ4n) is 2.51. The summed E-state index contributed by atoms with van der Waals surface area (Å²) in [5.41, 5.74) is 5.65. The number of rotatable bonds is 4. The van der Waals surface area contributed by atoms with E-state index in [0.29, 0.717) is 18.7 Å². The van der Waals surface area contributed by atoms with Crippen molar-refractivity contribution in [2.24, 2.45) is 5.73 Å². The van der Waals surface area contributed by atoms with Gasteiger partial charge in [-0.15, -0.1) is 0 Å². The van der Waals surface area contributed by atoms with E-state index in [1.165, 1.54) is 12.8 Å². The lowest BCUT2D eigenvalue weighted by molar-refractivity contribution is -0.0572. The molecule has 2 aliphatic rings. The van der Waals surface area contributed by atoms with Crippen LogP contribution < -0.4 is 5.73 Å². The second-order valence-corrected chi connectivity index (χ2v) is 4.96. The Morgan fingerprint density at radius 3 is 2.88 bits per heavy atom. The molecule has 2 fully saturated rings. The van der Waals surface area contributed by atoms with Gasteiger partial charge in [0.05, 0.1) is 18.8 Å². The molecule has 3 unspecified atom stereocenters. The molecule has 0 aromatic heterocycles. The molecule has 0 aromatic rings. The van der Waals surface area contributed by atoms with Crippen LogP contribution in [0.15, 0.2) is 0 Å². The van der Waals surface area contributed by atoms with Gasteiger partial charge in [-0.25, -0.2) is 0 Å². The molecule has 2 saturated heterocycles. The van der Waals surface area contributed by atoms with Gasteiger partial charge < -0.3 is 15.2 Å². The lowest BCUT2D eigenvalue weighted by atomic mass is 10.1. The molecule has 2 rings (SSSR count). The van der Waals surface area contributed by atoms with Gasteiger partial charge in [-0.3, -0.25) is 4.90 Å². The molecule has 16 heavy (non-hydrogen) atoms. The van der Waals surface area contributed by atoms with Crippen LogP contribution in [0.3, 0.4) is 0 Å². The summed E-state index contributed by atoms with van der Waals surface area (Å²) in [5, 5.41) is 0. The molecule has 0 aromatic carbocycles. The minimum absolute atomic E-state index is 0.223. The first kappa shape index (κ1) is 12.3. The summed E-state index contributed by atoms with van der Waals surface area (Å²) in [6.07, 6.45) is 4.34. The van der Waals surface area contributed by atoms with E-state index in [1.54, 1.807) is 0 Å². The van der Waals surface area contributed by atoms with Gasteiger partial charge in [0.25, 0.3) is 0 Å². The molecule has 2 heterocycles. The monoisotopic (exact) mass is 228 g/mol. The van der Waals surface area contributed by atoms with Crippen LogP contribution >= 0.6 is 0 Å². The summed E-state index contributed by atoms with van der Waals surface area (Å²) >= 11 is 0. The lowest BCUT2D eigenvalue weighted by Crippen LogP contribution is -2.51. The smallest absolute Gasteiger partial charge is 0.0824 e. The highest BCUT2D eigenvalue weighted by molar-refractivity contribution is 4.79. The fourth-order valence-corrected chi connectivity index (χ4v) is 2.51. The summed E-state index contributed by atoms with van der Waals surface area (Å²) in [7, 11) is 0. The van der Waals surface area contributed by atoms with Crippen LogP contribution in [-0.2, 0) is 9.47 Å². The number of nitrogens with zero attached hydrogens (tertiary/aromatic N) is 1.